The summed E-state index contributed by atoms with van der Waals surface area (Å²) in [5.41, 5.74) is 0. The molecule has 1 rings (SSSR count). The third-order valence-electron chi connectivity index (χ3n) is 2.44. The summed E-state index contributed by atoms with van der Waals surface area (Å²) in [5.74, 6) is 2.53. The minimum Gasteiger partial charge on any atom is -0.373 e. The molecule has 0 amide bonds. The Morgan fingerprint density at radius 1 is 1.47 bits per heavy atom. The molecule has 17 heavy (non-hydrogen) atoms. The number of nitrogens with zero attached hydrogens (tertiary/aromatic N) is 4. The molecule has 5 nitrogen and oxygen atoms in total. The van der Waals surface area contributed by atoms with Gasteiger partial charge in [-0.25, -0.2) is 9.97 Å². The molecule has 1 aromatic heterocycles. The monoisotopic (exact) mass is 233 g/mol. The van der Waals surface area contributed by atoms with Crippen molar-refractivity contribution in [2.24, 2.45) is 0 Å². The largest absolute Gasteiger partial charge is 0.373 e. The molecule has 1 aromatic rings. The molecule has 0 aliphatic heterocycles. The Bertz CT molecular complexity index is 396. The number of aryl methyl sites for hydroxylation is 1. The summed E-state index contributed by atoms with van der Waals surface area (Å²) in [4.78, 5) is 10.9. The van der Waals surface area contributed by atoms with E-state index in [9.17, 15) is 0 Å². The molecule has 92 valence electrons. The number of anilines is 2. The van der Waals surface area contributed by atoms with Crippen LogP contribution in [0.1, 0.15) is 25.6 Å². The Labute approximate surface area is 102 Å². The van der Waals surface area contributed by atoms with Crippen LogP contribution in [0.15, 0.2) is 6.07 Å². The van der Waals surface area contributed by atoms with Gasteiger partial charge in [-0.15, -0.1) is 0 Å². The highest BCUT2D eigenvalue weighted by atomic mass is 15.2. The van der Waals surface area contributed by atoms with Crippen LogP contribution in [0.3, 0.4) is 0 Å². The van der Waals surface area contributed by atoms with Crippen LogP contribution in [0.4, 0.5) is 11.6 Å². The van der Waals surface area contributed by atoms with E-state index in [0.717, 1.165) is 30.3 Å². The van der Waals surface area contributed by atoms with E-state index in [4.69, 9.17) is 5.26 Å². The van der Waals surface area contributed by atoms with Crippen molar-refractivity contribution in [1.82, 2.24) is 9.97 Å². The number of hydrogen-bond acceptors (Lipinski definition) is 5. The van der Waals surface area contributed by atoms with Crippen molar-refractivity contribution in [3.63, 3.8) is 0 Å². The summed E-state index contributed by atoms with van der Waals surface area (Å²) < 4.78 is 0. The highest BCUT2D eigenvalue weighted by molar-refractivity contribution is 5.48. The van der Waals surface area contributed by atoms with Gasteiger partial charge < -0.3 is 10.2 Å². The van der Waals surface area contributed by atoms with Crippen LogP contribution in [-0.4, -0.2) is 30.6 Å². The van der Waals surface area contributed by atoms with Gasteiger partial charge in [-0.2, -0.15) is 5.26 Å². The van der Waals surface area contributed by atoms with Crippen molar-refractivity contribution < 1.29 is 0 Å². The van der Waals surface area contributed by atoms with Crippen LogP contribution in [0.2, 0.25) is 0 Å². The number of nitriles is 1. The molecule has 0 radical (unpaired) electrons. The molecule has 0 bridgehead atoms. The average molecular weight is 233 g/mol. The van der Waals surface area contributed by atoms with Crippen LogP contribution >= 0.6 is 0 Å². The lowest BCUT2D eigenvalue weighted by Gasteiger charge is -2.18. The predicted molar refractivity (Wildman–Crippen MR) is 69.1 cm³/mol. The van der Waals surface area contributed by atoms with Crippen LogP contribution in [0.5, 0.6) is 0 Å². The minimum atomic E-state index is 0.499. The lowest BCUT2D eigenvalue weighted by Crippen LogP contribution is -2.20. The highest BCUT2D eigenvalue weighted by Gasteiger charge is 2.07. The second-order valence-corrected chi connectivity index (χ2v) is 3.86. The van der Waals surface area contributed by atoms with Crippen molar-refractivity contribution in [2.45, 2.75) is 26.2 Å². The fourth-order valence-corrected chi connectivity index (χ4v) is 1.47. The number of rotatable bonds is 6. The van der Waals surface area contributed by atoms with E-state index in [1.165, 1.54) is 0 Å². The molecular formula is C12H19N5. The number of hydrogen-bond donors (Lipinski definition) is 1. The molecule has 0 spiro atoms. The van der Waals surface area contributed by atoms with Crippen LogP contribution in [-0.2, 0) is 6.42 Å². The zero-order valence-electron chi connectivity index (χ0n) is 10.7. The maximum absolute atomic E-state index is 8.58. The molecule has 0 saturated heterocycles. The van der Waals surface area contributed by atoms with Gasteiger partial charge in [-0.05, 0) is 6.42 Å². The van der Waals surface area contributed by atoms with E-state index in [1.54, 1.807) is 0 Å². The third-order valence-corrected chi connectivity index (χ3v) is 2.44. The van der Waals surface area contributed by atoms with Gasteiger partial charge in [0.1, 0.15) is 17.5 Å². The molecule has 0 saturated carbocycles. The highest BCUT2D eigenvalue weighted by Crippen LogP contribution is 2.15. The van der Waals surface area contributed by atoms with Crippen molar-refractivity contribution in [2.75, 3.05) is 30.9 Å². The smallest absolute Gasteiger partial charge is 0.134 e. The van der Waals surface area contributed by atoms with Gasteiger partial charge in [0.2, 0.25) is 0 Å². The van der Waals surface area contributed by atoms with Crippen LogP contribution in [0.25, 0.3) is 0 Å². The zero-order valence-corrected chi connectivity index (χ0v) is 10.7. The Morgan fingerprint density at radius 2 is 2.24 bits per heavy atom. The predicted octanol–water partition coefficient (Wildman–Crippen LogP) is 1.82. The first-order valence-corrected chi connectivity index (χ1v) is 5.85. The summed E-state index contributed by atoms with van der Waals surface area (Å²) >= 11 is 0. The second kappa shape index (κ2) is 6.69. The van der Waals surface area contributed by atoms with Crippen molar-refractivity contribution in [3.8, 4) is 6.07 Å². The summed E-state index contributed by atoms with van der Waals surface area (Å²) in [7, 11) is 3.78. The Kier molecular flexibility index (Phi) is 5.21. The number of aromatic nitrogens is 2. The molecule has 0 aliphatic rings. The van der Waals surface area contributed by atoms with Gasteiger partial charge in [-0.3, -0.25) is 0 Å². The molecule has 0 atom stereocenters. The van der Waals surface area contributed by atoms with Crippen LogP contribution < -0.4 is 10.2 Å². The maximum Gasteiger partial charge on any atom is 0.134 e. The van der Waals surface area contributed by atoms with Gasteiger partial charge in [-0.1, -0.05) is 6.92 Å². The van der Waals surface area contributed by atoms with Crippen molar-refractivity contribution in [1.29, 1.82) is 5.26 Å². The first-order valence-electron chi connectivity index (χ1n) is 5.85. The van der Waals surface area contributed by atoms with Gasteiger partial charge in [0, 0.05) is 33.1 Å². The summed E-state index contributed by atoms with van der Waals surface area (Å²) in [6, 6.07) is 4.04. The molecular weight excluding hydrogens is 214 g/mol. The Hall–Kier alpha value is -1.83. The molecule has 0 fully saturated rings. The second-order valence-electron chi connectivity index (χ2n) is 3.86. The van der Waals surface area contributed by atoms with E-state index >= 15 is 0 Å². The van der Waals surface area contributed by atoms with E-state index in [2.05, 4.69) is 28.3 Å². The fourth-order valence-electron chi connectivity index (χ4n) is 1.47. The molecule has 1 N–H and O–H groups in total. The fraction of sp³-hybridized carbons (Fsp3) is 0.583. The van der Waals surface area contributed by atoms with Crippen molar-refractivity contribution in [3.05, 3.63) is 11.9 Å². The van der Waals surface area contributed by atoms with Gasteiger partial charge in [0.15, 0.2) is 0 Å². The quantitative estimate of drug-likeness (QED) is 0.812. The first kappa shape index (κ1) is 13.2. The van der Waals surface area contributed by atoms with Crippen LogP contribution in [0, 0.1) is 11.3 Å². The lowest BCUT2D eigenvalue weighted by atomic mass is 10.3. The number of nitrogens with one attached hydrogen (secondary N) is 1. The molecule has 0 aromatic carbocycles. The minimum absolute atomic E-state index is 0.499. The summed E-state index contributed by atoms with van der Waals surface area (Å²) in [6.07, 6.45) is 2.39. The lowest BCUT2D eigenvalue weighted by molar-refractivity contribution is 0.813. The van der Waals surface area contributed by atoms with E-state index in [0.29, 0.717) is 13.0 Å². The summed E-state index contributed by atoms with van der Waals surface area (Å²) in [5, 5.41) is 11.6. The van der Waals surface area contributed by atoms with E-state index in [1.807, 2.05) is 25.1 Å². The molecule has 0 unspecified atom stereocenters. The average Bonchev–Trinajstić information content (AvgIpc) is 2.35. The molecule has 0 aliphatic carbocycles. The maximum atomic E-state index is 8.58. The van der Waals surface area contributed by atoms with Crippen molar-refractivity contribution >= 4 is 11.6 Å². The SMILES string of the molecule is CCCc1nc(NC)cc(N(C)CCC#N)n1. The molecule has 5 heteroatoms. The zero-order chi connectivity index (χ0) is 12.7. The van der Waals surface area contributed by atoms with E-state index < -0.39 is 0 Å². The normalized spacial score (nSPS) is 9.76. The van der Waals surface area contributed by atoms with Gasteiger partial charge in [0.25, 0.3) is 0 Å². The Morgan fingerprint density at radius 3 is 2.82 bits per heavy atom. The third kappa shape index (κ3) is 3.91. The molecule has 1 heterocycles. The van der Waals surface area contributed by atoms with E-state index in [-0.39, 0.29) is 0 Å². The summed E-state index contributed by atoms with van der Waals surface area (Å²) in [6.45, 7) is 2.79. The Balaban J connectivity index is 2.89. The topological polar surface area (TPSA) is 64.8 Å². The van der Waals surface area contributed by atoms with Gasteiger partial charge >= 0.3 is 0 Å². The van der Waals surface area contributed by atoms with Gasteiger partial charge in [0.05, 0.1) is 12.5 Å². The standard InChI is InChI=1S/C12H19N5/c1-4-6-10-15-11(14-2)9-12(16-10)17(3)8-5-7-13/h9H,4-6,8H2,1-3H3,(H,14,15,16). The first-order chi connectivity index (χ1) is 8.21.